The highest BCUT2D eigenvalue weighted by molar-refractivity contribution is 5.87. The number of benzene rings is 3. The van der Waals surface area contributed by atoms with E-state index in [0.717, 1.165) is 6.42 Å². The number of unbranched alkanes of at least 4 members (excludes halogenated alkanes) is 1. The molecule has 0 N–H and O–H groups in total. The number of rotatable bonds is 7. The molecule has 162 valence electrons. The summed E-state index contributed by atoms with van der Waals surface area (Å²) >= 11 is 0. The number of fused-ring (bicyclic) bond motifs is 1. The third-order valence-corrected chi connectivity index (χ3v) is 6.19. The van der Waals surface area contributed by atoms with E-state index >= 15 is 0 Å². The Labute approximate surface area is 190 Å². The van der Waals surface area contributed by atoms with Crippen molar-refractivity contribution in [3.8, 4) is 22.3 Å². The molecule has 0 radical (unpaired) electrons. The highest BCUT2D eigenvalue weighted by Gasteiger charge is 2.24. The second-order valence-electron chi connectivity index (χ2n) is 9.21. The molecule has 1 aliphatic rings. The second kappa shape index (κ2) is 10.6. The fourth-order valence-corrected chi connectivity index (χ4v) is 4.75. The van der Waals surface area contributed by atoms with Crippen LogP contribution in [0.3, 0.4) is 0 Å². The van der Waals surface area contributed by atoms with E-state index in [1.54, 1.807) is 5.57 Å². The Morgan fingerprint density at radius 2 is 1.39 bits per heavy atom. The molecule has 0 aromatic heterocycles. The molecule has 0 amide bonds. The van der Waals surface area contributed by atoms with Crippen molar-refractivity contribution >= 4 is 6.08 Å². The zero-order chi connectivity index (χ0) is 22.3. The molecule has 0 nitrogen and oxygen atoms in total. The average Bonchev–Trinajstić information content (AvgIpc) is 3.21. The van der Waals surface area contributed by atoms with Gasteiger partial charge in [-0.3, -0.25) is 0 Å². The molecule has 4 rings (SSSR count). The lowest BCUT2D eigenvalue weighted by Gasteiger charge is -2.25. The molecule has 0 atom stereocenters. The lowest BCUT2D eigenvalue weighted by molar-refractivity contribution is 0.320. The van der Waals surface area contributed by atoms with E-state index in [0.29, 0.717) is 5.41 Å². The largest absolute Gasteiger partial charge is 0.0683 e. The quantitative estimate of drug-likeness (QED) is 0.363. The molecule has 0 heterocycles. The van der Waals surface area contributed by atoms with Crippen molar-refractivity contribution in [1.82, 2.24) is 0 Å². The third kappa shape index (κ3) is 5.56. The van der Waals surface area contributed by atoms with Crippen LogP contribution in [0.2, 0.25) is 0 Å². The smallest absolute Gasteiger partial charge is 0.00515 e. The van der Waals surface area contributed by atoms with Crippen LogP contribution in [0.15, 0.2) is 78.4 Å². The van der Waals surface area contributed by atoms with Gasteiger partial charge in [-0.2, -0.15) is 0 Å². The van der Waals surface area contributed by atoms with Gasteiger partial charge in [0, 0.05) is 0 Å². The highest BCUT2D eigenvalue weighted by atomic mass is 14.3. The van der Waals surface area contributed by atoms with Crippen molar-refractivity contribution < 1.29 is 0 Å². The van der Waals surface area contributed by atoms with Crippen LogP contribution in [0.1, 0.15) is 71.4 Å². The van der Waals surface area contributed by atoms with Gasteiger partial charge in [-0.25, -0.2) is 0 Å². The van der Waals surface area contributed by atoms with E-state index in [-0.39, 0.29) is 0 Å². The number of allylic oxidation sites excluding steroid dienone is 1. The minimum absolute atomic E-state index is 0.381. The maximum atomic E-state index is 2.46. The Morgan fingerprint density at radius 3 is 2.10 bits per heavy atom. The summed E-state index contributed by atoms with van der Waals surface area (Å²) in [6.45, 7) is 11.1. The molecular formula is C31H38. The summed E-state index contributed by atoms with van der Waals surface area (Å²) in [5.74, 6) is 0. The van der Waals surface area contributed by atoms with E-state index in [1.165, 1.54) is 59.1 Å². The monoisotopic (exact) mass is 410 g/mol. The molecular weight excluding hydrogens is 372 g/mol. The zero-order valence-corrected chi connectivity index (χ0v) is 20.0. The van der Waals surface area contributed by atoms with Crippen LogP contribution in [-0.4, -0.2) is 0 Å². The molecule has 3 aromatic carbocycles. The first kappa shape index (κ1) is 23.1. The van der Waals surface area contributed by atoms with E-state index in [9.17, 15) is 0 Å². The van der Waals surface area contributed by atoms with Gasteiger partial charge in [0.1, 0.15) is 0 Å². The van der Waals surface area contributed by atoms with Gasteiger partial charge in [0.2, 0.25) is 0 Å². The standard InChI is InChI=1S/C29H32.C2H6/c1-4-5-18-29(2,3)21-22-19-24-14-11-17-27(28(24)20-22)26-16-10-9-15-25(26)23-12-7-6-8-13-23;1-2/h6-17,19H,4-5,18,20-21H2,1-3H3;1-2H3. The van der Waals surface area contributed by atoms with Crippen molar-refractivity contribution in [2.45, 2.75) is 66.7 Å². The Kier molecular flexibility index (Phi) is 7.91. The van der Waals surface area contributed by atoms with Crippen LogP contribution in [-0.2, 0) is 6.42 Å². The van der Waals surface area contributed by atoms with Crippen LogP contribution in [0.4, 0.5) is 0 Å². The molecule has 31 heavy (non-hydrogen) atoms. The van der Waals surface area contributed by atoms with E-state index in [4.69, 9.17) is 0 Å². The molecule has 0 saturated heterocycles. The molecule has 0 aliphatic heterocycles. The number of hydrogen-bond donors (Lipinski definition) is 0. The van der Waals surface area contributed by atoms with Gasteiger partial charge in [0.05, 0.1) is 0 Å². The summed E-state index contributed by atoms with van der Waals surface area (Å²) in [4.78, 5) is 0. The maximum Gasteiger partial charge on any atom is -0.00515 e. The fourth-order valence-electron chi connectivity index (χ4n) is 4.75. The van der Waals surface area contributed by atoms with Crippen LogP contribution in [0.25, 0.3) is 28.3 Å². The molecule has 3 aromatic rings. The molecule has 0 spiro atoms. The maximum absolute atomic E-state index is 2.46. The average molecular weight is 411 g/mol. The summed E-state index contributed by atoms with van der Waals surface area (Å²) in [7, 11) is 0. The summed E-state index contributed by atoms with van der Waals surface area (Å²) in [6, 6.07) is 26.4. The molecule has 0 bridgehead atoms. The molecule has 0 unspecified atom stereocenters. The molecule has 0 heteroatoms. The molecule has 0 fully saturated rings. The Balaban J connectivity index is 0.00000132. The summed E-state index contributed by atoms with van der Waals surface area (Å²) in [5, 5.41) is 0. The summed E-state index contributed by atoms with van der Waals surface area (Å²) in [6.07, 6.45) is 8.65. The van der Waals surface area contributed by atoms with E-state index < -0.39 is 0 Å². The van der Waals surface area contributed by atoms with Crippen molar-refractivity contribution in [1.29, 1.82) is 0 Å². The van der Waals surface area contributed by atoms with Gasteiger partial charge >= 0.3 is 0 Å². The lowest BCUT2D eigenvalue weighted by Crippen LogP contribution is -2.12. The third-order valence-electron chi connectivity index (χ3n) is 6.19. The Morgan fingerprint density at radius 1 is 0.742 bits per heavy atom. The van der Waals surface area contributed by atoms with Gasteiger partial charge in [-0.15, -0.1) is 0 Å². The topological polar surface area (TPSA) is 0 Å². The van der Waals surface area contributed by atoms with Gasteiger partial charge in [-0.05, 0) is 58.1 Å². The van der Waals surface area contributed by atoms with Crippen molar-refractivity contribution in [2.24, 2.45) is 5.41 Å². The van der Waals surface area contributed by atoms with E-state index in [1.807, 2.05) is 13.8 Å². The fraction of sp³-hybridized carbons (Fsp3) is 0.355. The van der Waals surface area contributed by atoms with E-state index in [2.05, 4.69) is 99.6 Å². The van der Waals surface area contributed by atoms with Gasteiger partial charge < -0.3 is 0 Å². The van der Waals surface area contributed by atoms with Gasteiger partial charge in [0.15, 0.2) is 0 Å². The van der Waals surface area contributed by atoms with Crippen LogP contribution in [0, 0.1) is 5.41 Å². The predicted molar refractivity (Wildman–Crippen MR) is 138 cm³/mol. The van der Waals surface area contributed by atoms with Crippen molar-refractivity contribution in [3.05, 3.63) is 89.5 Å². The van der Waals surface area contributed by atoms with Crippen molar-refractivity contribution in [2.75, 3.05) is 0 Å². The summed E-state index contributed by atoms with van der Waals surface area (Å²) in [5.41, 5.74) is 10.2. The first-order valence-corrected chi connectivity index (χ1v) is 12.0. The van der Waals surface area contributed by atoms with Crippen LogP contribution >= 0.6 is 0 Å². The highest BCUT2D eigenvalue weighted by Crippen LogP contribution is 2.42. The van der Waals surface area contributed by atoms with Crippen molar-refractivity contribution in [3.63, 3.8) is 0 Å². The number of hydrogen-bond acceptors (Lipinski definition) is 0. The Hall–Kier alpha value is -2.60. The normalized spacial score (nSPS) is 12.6. The minimum atomic E-state index is 0.381. The first-order valence-electron chi connectivity index (χ1n) is 12.0. The lowest BCUT2D eigenvalue weighted by atomic mass is 9.80. The van der Waals surface area contributed by atoms with Gasteiger partial charge in [-0.1, -0.05) is 132 Å². The Bertz CT molecular complexity index is 1010. The van der Waals surface area contributed by atoms with Gasteiger partial charge in [0.25, 0.3) is 0 Å². The van der Waals surface area contributed by atoms with Crippen LogP contribution in [0.5, 0.6) is 0 Å². The first-order chi connectivity index (χ1) is 15.1. The SMILES string of the molecule is CC.CCCCC(C)(C)CC1=Cc2cccc(-c3ccccc3-c3ccccc3)c2C1. The van der Waals surface area contributed by atoms with Crippen LogP contribution < -0.4 is 0 Å². The molecule has 0 saturated carbocycles. The summed E-state index contributed by atoms with van der Waals surface area (Å²) < 4.78 is 0. The zero-order valence-electron chi connectivity index (χ0n) is 20.0. The minimum Gasteiger partial charge on any atom is -0.0683 e. The predicted octanol–water partition coefficient (Wildman–Crippen LogP) is 9.59. The second-order valence-corrected chi connectivity index (χ2v) is 9.21. The molecule has 1 aliphatic carbocycles.